The standard InChI is InChI=1S/C18H14N6/c1-12-5-6-24-11-17(21-18(24)7-12)14-4-3-13(2)16(8-14)23-22-15(9-19)10-20/h3-8,11,23H,1-2H3. The zero-order valence-electron chi connectivity index (χ0n) is 13.3. The molecular weight excluding hydrogens is 300 g/mol. The van der Waals surface area contributed by atoms with Gasteiger partial charge >= 0.3 is 0 Å². The predicted molar refractivity (Wildman–Crippen MR) is 92.4 cm³/mol. The molecule has 6 nitrogen and oxygen atoms in total. The Kier molecular flexibility index (Phi) is 3.96. The summed E-state index contributed by atoms with van der Waals surface area (Å²) in [6, 6.07) is 13.3. The lowest BCUT2D eigenvalue weighted by Crippen LogP contribution is -1.98. The normalized spacial score (nSPS) is 10.0. The van der Waals surface area contributed by atoms with E-state index in [-0.39, 0.29) is 5.71 Å². The Morgan fingerprint density at radius 3 is 2.71 bits per heavy atom. The Hall–Kier alpha value is -3.64. The Morgan fingerprint density at radius 1 is 1.17 bits per heavy atom. The highest BCUT2D eigenvalue weighted by atomic mass is 15.3. The molecule has 0 aliphatic heterocycles. The van der Waals surface area contributed by atoms with Crippen molar-refractivity contribution in [3.05, 3.63) is 53.9 Å². The summed E-state index contributed by atoms with van der Waals surface area (Å²) in [7, 11) is 0. The van der Waals surface area contributed by atoms with Crippen LogP contribution in [0.2, 0.25) is 0 Å². The molecule has 0 aliphatic carbocycles. The number of hydrogen-bond donors (Lipinski definition) is 1. The van der Waals surface area contributed by atoms with Gasteiger partial charge in [0.2, 0.25) is 5.71 Å². The van der Waals surface area contributed by atoms with E-state index in [1.54, 1.807) is 12.1 Å². The van der Waals surface area contributed by atoms with Crippen LogP contribution in [0.15, 0.2) is 47.8 Å². The zero-order chi connectivity index (χ0) is 17.1. The maximum absolute atomic E-state index is 8.75. The second kappa shape index (κ2) is 6.23. The molecule has 116 valence electrons. The highest BCUT2D eigenvalue weighted by Gasteiger charge is 2.07. The van der Waals surface area contributed by atoms with E-state index in [0.29, 0.717) is 0 Å². The monoisotopic (exact) mass is 314 g/mol. The highest BCUT2D eigenvalue weighted by molar-refractivity contribution is 6.10. The molecule has 2 heterocycles. The largest absolute Gasteiger partial charge is 0.306 e. The van der Waals surface area contributed by atoms with Gasteiger partial charge in [-0.05, 0) is 43.2 Å². The maximum Gasteiger partial charge on any atom is 0.237 e. The summed E-state index contributed by atoms with van der Waals surface area (Å²) in [5.74, 6) is 0. The second-order valence-electron chi connectivity index (χ2n) is 5.42. The molecule has 0 saturated carbocycles. The lowest BCUT2D eigenvalue weighted by atomic mass is 10.1. The van der Waals surface area contributed by atoms with Crippen LogP contribution in [0.1, 0.15) is 11.1 Å². The molecule has 0 unspecified atom stereocenters. The molecule has 0 bridgehead atoms. The summed E-state index contributed by atoms with van der Waals surface area (Å²) >= 11 is 0. The number of aryl methyl sites for hydroxylation is 2. The highest BCUT2D eigenvalue weighted by Crippen LogP contribution is 2.25. The minimum absolute atomic E-state index is 0.219. The Balaban J connectivity index is 1.99. The van der Waals surface area contributed by atoms with E-state index in [0.717, 1.165) is 33.7 Å². The molecule has 6 heteroatoms. The number of nitrogens with zero attached hydrogens (tertiary/aromatic N) is 5. The number of nitrogens with one attached hydrogen (secondary N) is 1. The van der Waals surface area contributed by atoms with Crippen LogP contribution in [-0.4, -0.2) is 15.1 Å². The maximum atomic E-state index is 8.75. The number of fused-ring (bicyclic) bond motifs is 1. The summed E-state index contributed by atoms with van der Waals surface area (Å²) < 4.78 is 1.97. The van der Waals surface area contributed by atoms with E-state index in [9.17, 15) is 0 Å². The Bertz CT molecular complexity index is 1010. The lowest BCUT2D eigenvalue weighted by molar-refractivity contribution is 1.17. The lowest BCUT2D eigenvalue weighted by Gasteiger charge is -2.06. The van der Waals surface area contributed by atoms with Crippen LogP contribution in [0.4, 0.5) is 5.69 Å². The van der Waals surface area contributed by atoms with Crippen LogP contribution in [0, 0.1) is 36.5 Å². The van der Waals surface area contributed by atoms with Crippen molar-refractivity contribution in [2.75, 3.05) is 5.43 Å². The van der Waals surface area contributed by atoms with Gasteiger partial charge in [-0.15, -0.1) is 0 Å². The smallest absolute Gasteiger partial charge is 0.237 e. The summed E-state index contributed by atoms with van der Waals surface area (Å²) in [5.41, 5.74) is 8.04. The van der Waals surface area contributed by atoms with Crippen LogP contribution in [-0.2, 0) is 0 Å². The number of rotatable bonds is 3. The molecule has 3 aromatic rings. The number of hydrazone groups is 1. The first-order valence-corrected chi connectivity index (χ1v) is 7.31. The first-order valence-electron chi connectivity index (χ1n) is 7.31. The fraction of sp³-hybridized carbons (Fsp3) is 0.111. The summed E-state index contributed by atoms with van der Waals surface area (Å²) in [6.07, 6.45) is 3.94. The Labute approximate surface area is 139 Å². The molecule has 2 aromatic heterocycles. The van der Waals surface area contributed by atoms with E-state index in [2.05, 4.69) is 15.5 Å². The van der Waals surface area contributed by atoms with Gasteiger partial charge in [-0.3, -0.25) is 5.43 Å². The number of benzene rings is 1. The van der Waals surface area contributed by atoms with Crippen molar-refractivity contribution in [1.82, 2.24) is 9.38 Å². The second-order valence-corrected chi connectivity index (χ2v) is 5.42. The number of imidazole rings is 1. The van der Waals surface area contributed by atoms with Crippen LogP contribution >= 0.6 is 0 Å². The van der Waals surface area contributed by atoms with Gasteiger partial charge in [-0.2, -0.15) is 15.6 Å². The van der Waals surface area contributed by atoms with Gasteiger partial charge < -0.3 is 4.40 Å². The number of hydrogen-bond acceptors (Lipinski definition) is 5. The fourth-order valence-electron chi connectivity index (χ4n) is 2.32. The van der Waals surface area contributed by atoms with Crippen LogP contribution in [0.25, 0.3) is 16.9 Å². The van der Waals surface area contributed by atoms with Gasteiger partial charge in [0, 0.05) is 18.0 Å². The first kappa shape index (κ1) is 15.3. The molecule has 0 radical (unpaired) electrons. The zero-order valence-corrected chi connectivity index (χ0v) is 13.3. The molecule has 0 fully saturated rings. The average molecular weight is 314 g/mol. The number of nitriles is 2. The molecular formula is C18H14N6. The van der Waals surface area contributed by atoms with Gasteiger partial charge in [-0.1, -0.05) is 12.1 Å². The average Bonchev–Trinajstić information content (AvgIpc) is 3.00. The summed E-state index contributed by atoms with van der Waals surface area (Å²) in [5, 5.41) is 21.3. The topological polar surface area (TPSA) is 89.3 Å². The SMILES string of the molecule is Cc1ccn2cc(-c3ccc(C)c(NN=C(C#N)C#N)c3)nc2c1. The van der Waals surface area contributed by atoms with Crippen molar-refractivity contribution in [3.63, 3.8) is 0 Å². The van der Waals surface area contributed by atoms with Gasteiger partial charge in [0.1, 0.15) is 17.8 Å². The number of pyridine rings is 1. The molecule has 3 rings (SSSR count). The van der Waals surface area contributed by atoms with E-state index in [1.807, 2.05) is 61.0 Å². The Morgan fingerprint density at radius 2 is 1.96 bits per heavy atom. The molecule has 0 spiro atoms. The number of aromatic nitrogens is 2. The molecule has 1 N–H and O–H groups in total. The van der Waals surface area contributed by atoms with Gasteiger partial charge in [0.05, 0.1) is 11.4 Å². The van der Waals surface area contributed by atoms with Crippen molar-refractivity contribution in [2.45, 2.75) is 13.8 Å². The molecule has 0 amide bonds. The minimum atomic E-state index is -0.219. The molecule has 0 saturated heterocycles. The first-order chi connectivity index (χ1) is 11.6. The van der Waals surface area contributed by atoms with Crippen LogP contribution < -0.4 is 5.43 Å². The van der Waals surface area contributed by atoms with Crippen molar-refractivity contribution in [1.29, 1.82) is 10.5 Å². The quantitative estimate of drug-likeness (QED) is 0.592. The summed E-state index contributed by atoms with van der Waals surface area (Å²) in [6.45, 7) is 3.95. The van der Waals surface area contributed by atoms with Crippen molar-refractivity contribution in [2.24, 2.45) is 5.10 Å². The third-order valence-electron chi connectivity index (χ3n) is 3.65. The predicted octanol–water partition coefficient (Wildman–Crippen LogP) is 3.43. The fourth-order valence-corrected chi connectivity index (χ4v) is 2.32. The van der Waals surface area contributed by atoms with Gasteiger partial charge in [0.25, 0.3) is 0 Å². The van der Waals surface area contributed by atoms with Crippen LogP contribution in [0.3, 0.4) is 0 Å². The van der Waals surface area contributed by atoms with Crippen LogP contribution in [0.5, 0.6) is 0 Å². The van der Waals surface area contributed by atoms with Crippen molar-refractivity contribution >= 4 is 17.0 Å². The molecule has 1 aromatic carbocycles. The molecule has 0 atom stereocenters. The van der Waals surface area contributed by atoms with Crippen molar-refractivity contribution in [3.8, 4) is 23.4 Å². The summed E-state index contributed by atoms with van der Waals surface area (Å²) in [4.78, 5) is 4.64. The van der Waals surface area contributed by atoms with E-state index >= 15 is 0 Å². The third kappa shape index (κ3) is 2.94. The number of anilines is 1. The molecule has 0 aliphatic rings. The van der Waals surface area contributed by atoms with Crippen molar-refractivity contribution < 1.29 is 0 Å². The van der Waals surface area contributed by atoms with Gasteiger partial charge in [0.15, 0.2) is 0 Å². The van der Waals surface area contributed by atoms with E-state index < -0.39 is 0 Å². The minimum Gasteiger partial charge on any atom is -0.306 e. The van der Waals surface area contributed by atoms with Gasteiger partial charge in [-0.25, -0.2) is 4.98 Å². The van der Waals surface area contributed by atoms with E-state index in [1.165, 1.54) is 0 Å². The molecule has 24 heavy (non-hydrogen) atoms. The van der Waals surface area contributed by atoms with E-state index in [4.69, 9.17) is 10.5 Å². The third-order valence-corrected chi connectivity index (χ3v) is 3.65.